The van der Waals surface area contributed by atoms with Gasteiger partial charge in [0.15, 0.2) is 0 Å². The quantitative estimate of drug-likeness (QED) is 0.606. The van der Waals surface area contributed by atoms with E-state index in [0.717, 1.165) is 11.3 Å². The van der Waals surface area contributed by atoms with Crippen molar-refractivity contribution in [2.24, 2.45) is 0 Å². The molecule has 0 spiro atoms. The van der Waals surface area contributed by atoms with Crippen LogP contribution in [0, 0.1) is 17.0 Å². The highest BCUT2D eigenvalue weighted by atomic mass is 16.6. The number of anilines is 1. The van der Waals surface area contributed by atoms with Crippen molar-refractivity contribution in [2.75, 3.05) is 11.9 Å². The van der Waals surface area contributed by atoms with Crippen LogP contribution in [0.2, 0.25) is 0 Å². The van der Waals surface area contributed by atoms with E-state index >= 15 is 0 Å². The van der Waals surface area contributed by atoms with Gasteiger partial charge in [0, 0.05) is 17.8 Å². The molecule has 1 aromatic rings. The Morgan fingerprint density at radius 2 is 2.12 bits per heavy atom. The number of hydrogen-bond donors (Lipinski definition) is 2. The first kappa shape index (κ1) is 12.4. The van der Waals surface area contributed by atoms with Gasteiger partial charge in [0.25, 0.3) is 5.69 Å². The monoisotopic (exact) mass is 224 g/mol. The highest BCUT2D eigenvalue weighted by Crippen LogP contribution is 2.23. The molecule has 0 unspecified atom stereocenters. The van der Waals surface area contributed by atoms with E-state index in [4.69, 9.17) is 5.11 Å². The number of nitrogens with zero attached hydrogens (tertiary/aromatic N) is 1. The summed E-state index contributed by atoms with van der Waals surface area (Å²) >= 11 is 0. The summed E-state index contributed by atoms with van der Waals surface area (Å²) in [7, 11) is 0. The maximum Gasteiger partial charge on any atom is 0.269 e. The topological polar surface area (TPSA) is 75.4 Å². The molecule has 0 aliphatic rings. The van der Waals surface area contributed by atoms with Crippen LogP contribution in [0.25, 0.3) is 0 Å². The summed E-state index contributed by atoms with van der Waals surface area (Å²) in [5, 5.41) is 22.8. The second-order valence-electron chi connectivity index (χ2n) is 4.42. The third-order valence-electron chi connectivity index (χ3n) is 2.29. The smallest absolute Gasteiger partial charge is 0.269 e. The molecule has 1 rings (SSSR count). The van der Waals surface area contributed by atoms with E-state index < -0.39 is 10.5 Å². The number of aryl methyl sites for hydroxylation is 1. The molecular formula is C11H16N2O3. The molecule has 0 aliphatic heterocycles. The molecule has 1 aromatic carbocycles. The third kappa shape index (κ3) is 2.93. The largest absolute Gasteiger partial charge is 0.394 e. The summed E-state index contributed by atoms with van der Waals surface area (Å²) in [6.45, 7) is 5.49. The predicted molar refractivity (Wildman–Crippen MR) is 62.6 cm³/mol. The summed E-state index contributed by atoms with van der Waals surface area (Å²) in [4.78, 5) is 10.1. The van der Waals surface area contributed by atoms with E-state index in [1.165, 1.54) is 12.1 Å². The van der Waals surface area contributed by atoms with E-state index in [1.807, 2.05) is 13.8 Å². The maximum absolute atomic E-state index is 10.6. The summed E-state index contributed by atoms with van der Waals surface area (Å²) in [5.74, 6) is 0. The van der Waals surface area contributed by atoms with E-state index in [2.05, 4.69) is 5.32 Å². The van der Waals surface area contributed by atoms with Gasteiger partial charge in [0.2, 0.25) is 0 Å². The van der Waals surface area contributed by atoms with Gasteiger partial charge in [0.05, 0.1) is 17.1 Å². The Kier molecular flexibility index (Phi) is 3.49. The van der Waals surface area contributed by atoms with Crippen LogP contribution in [-0.4, -0.2) is 22.2 Å². The highest BCUT2D eigenvalue weighted by Gasteiger charge is 2.17. The molecule has 0 bridgehead atoms. The van der Waals surface area contributed by atoms with Crippen molar-refractivity contribution in [1.82, 2.24) is 0 Å². The standard InChI is InChI=1S/C11H16N2O3/c1-8-6-9(13(15)16)4-5-10(8)12-11(2,3)7-14/h4-6,12,14H,7H2,1-3H3. The van der Waals surface area contributed by atoms with Crippen molar-refractivity contribution in [2.45, 2.75) is 26.3 Å². The van der Waals surface area contributed by atoms with E-state index in [-0.39, 0.29) is 12.3 Å². The van der Waals surface area contributed by atoms with E-state index in [0.29, 0.717) is 0 Å². The lowest BCUT2D eigenvalue weighted by Gasteiger charge is -2.25. The molecule has 5 heteroatoms. The number of non-ortho nitro benzene ring substituents is 1. The van der Waals surface area contributed by atoms with Crippen LogP contribution in [0.3, 0.4) is 0 Å². The lowest BCUT2D eigenvalue weighted by molar-refractivity contribution is -0.384. The van der Waals surface area contributed by atoms with Gasteiger partial charge in [-0.3, -0.25) is 10.1 Å². The van der Waals surface area contributed by atoms with Gasteiger partial charge in [-0.2, -0.15) is 0 Å². The van der Waals surface area contributed by atoms with Crippen LogP contribution in [-0.2, 0) is 0 Å². The van der Waals surface area contributed by atoms with Gasteiger partial charge < -0.3 is 10.4 Å². The molecule has 88 valence electrons. The Morgan fingerprint density at radius 1 is 1.50 bits per heavy atom. The van der Waals surface area contributed by atoms with Crippen molar-refractivity contribution in [1.29, 1.82) is 0 Å². The minimum Gasteiger partial charge on any atom is -0.394 e. The fourth-order valence-corrected chi connectivity index (χ4v) is 1.31. The Balaban J connectivity index is 2.96. The van der Waals surface area contributed by atoms with Crippen molar-refractivity contribution in [3.8, 4) is 0 Å². The molecule has 0 radical (unpaired) electrons. The van der Waals surface area contributed by atoms with Crippen LogP contribution in [0.1, 0.15) is 19.4 Å². The number of hydrogen-bond acceptors (Lipinski definition) is 4. The summed E-state index contributed by atoms with van der Waals surface area (Å²) in [5.41, 5.74) is 1.21. The van der Waals surface area contributed by atoms with Crippen LogP contribution in [0.15, 0.2) is 18.2 Å². The molecule has 0 heterocycles. The van der Waals surface area contributed by atoms with Gasteiger partial charge in [0.1, 0.15) is 0 Å². The lowest BCUT2D eigenvalue weighted by Crippen LogP contribution is -2.35. The molecule has 0 aromatic heterocycles. The molecule has 0 saturated carbocycles. The van der Waals surface area contributed by atoms with Gasteiger partial charge in [-0.15, -0.1) is 0 Å². The third-order valence-corrected chi connectivity index (χ3v) is 2.29. The number of nitrogens with one attached hydrogen (secondary N) is 1. The van der Waals surface area contributed by atoms with Crippen LogP contribution in [0.4, 0.5) is 11.4 Å². The van der Waals surface area contributed by atoms with Gasteiger partial charge in [-0.25, -0.2) is 0 Å². The molecule has 0 amide bonds. The summed E-state index contributed by atoms with van der Waals surface area (Å²) in [6, 6.07) is 4.61. The second kappa shape index (κ2) is 4.49. The number of aliphatic hydroxyl groups is 1. The van der Waals surface area contributed by atoms with E-state index in [9.17, 15) is 10.1 Å². The fraction of sp³-hybridized carbons (Fsp3) is 0.455. The Labute approximate surface area is 94.3 Å². The number of nitro groups is 1. The minimum atomic E-state index is -0.444. The second-order valence-corrected chi connectivity index (χ2v) is 4.42. The van der Waals surface area contributed by atoms with Gasteiger partial charge >= 0.3 is 0 Å². The van der Waals surface area contributed by atoms with E-state index in [1.54, 1.807) is 13.0 Å². The maximum atomic E-state index is 10.6. The normalized spacial score (nSPS) is 11.2. The summed E-state index contributed by atoms with van der Waals surface area (Å²) in [6.07, 6.45) is 0. The van der Waals surface area contributed by atoms with Crippen LogP contribution < -0.4 is 5.32 Å². The molecular weight excluding hydrogens is 208 g/mol. The lowest BCUT2D eigenvalue weighted by atomic mass is 10.1. The van der Waals surface area contributed by atoms with Crippen molar-refractivity contribution in [3.05, 3.63) is 33.9 Å². The zero-order chi connectivity index (χ0) is 12.3. The minimum absolute atomic E-state index is 0.0105. The summed E-state index contributed by atoms with van der Waals surface area (Å²) < 4.78 is 0. The molecule has 5 nitrogen and oxygen atoms in total. The zero-order valence-corrected chi connectivity index (χ0v) is 9.65. The molecule has 0 atom stereocenters. The Hall–Kier alpha value is -1.62. The van der Waals surface area contributed by atoms with Crippen molar-refractivity contribution >= 4 is 11.4 Å². The Morgan fingerprint density at radius 3 is 2.56 bits per heavy atom. The fourth-order valence-electron chi connectivity index (χ4n) is 1.31. The molecule has 16 heavy (non-hydrogen) atoms. The Bertz CT molecular complexity index is 402. The molecule has 0 fully saturated rings. The zero-order valence-electron chi connectivity index (χ0n) is 9.65. The average molecular weight is 224 g/mol. The number of aliphatic hydroxyl groups excluding tert-OH is 1. The average Bonchev–Trinajstić information content (AvgIpc) is 2.20. The van der Waals surface area contributed by atoms with Crippen molar-refractivity contribution in [3.63, 3.8) is 0 Å². The van der Waals surface area contributed by atoms with Crippen LogP contribution >= 0.6 is 0 Å². The van der Waals surface area contributed by atoms with Crippen molar-refractivity contribution < 1.29 is 10.0 Å². The van der Waals surface area contributed by atoms with Gasteiger partial charge in [-0.1, -0.05) is 0 Å². The number of nitro benzene ring substituents is 1. The number of rotatable bonds is 4. The first-order valence-corrected chi connectivity index (χ1v) is 5.00. The first-order chi connectivity index (χ1) is 7.35. The SMILES string of the molecule is Cc1cc([N+](=O)[O-])ccc1NC(C)(C)CO. The predicted octanol–water partition coefficient (Wildman–Crippen LogP) is 2.09. The van der Waals surface area contributed by atoms with Crippen LogP contribution in [0.5, 0.6) is 0 Å². The first-order valence-electron chi connectivity index (χ1n) is 5.00. The van der Waals surface area contributed by atoms with Gasteiger partial charge in [-0.05, 0) is 32.4 Å². The molecule has 0 aliphatic carbocycles. The highest BCUT2D eigenvalue weighted by molar-refractivity contribution is 5.56. The molecule has 0 saturated heterocycles. The molecule has 2 N–H and O–H groups in total. The number of benzene rings is 1.